The van der Waals surface area contributed by atoms with Gasteiger partial charge in [0.15, 0.2) is 6.29 Å². The molecule has 0 N–H and O–H groups in total. The molecular weight excluding hydrogens is 266 g/mol. The average molecular weight is 281 g/mol. The predicted octanol–water partition coefficient (Wildman–Crippen LogP) is 4.13. The largest absolute Gasteiger partial charge is 0.346 e. The molecule has 1 fully saturated rings. The Kier molecular flexibility index (Phi) is 4.17. The zero-order valence-electron chi connectivity index (χ0n) is 11.4. The average Bonchev–Trinajstić information content (AvgIpc) is 3.08. The topological polar surface area (TPSA) is 67.2 Å². The van der Waals surface area contributed by atoms with Crippen molar-refractivity contribution in [2.75, 3.05) is 13.2 Å². The molecule has 1 unspecified atom stereocenters. The quantitative estimate of drug-likeness (QED) is 0.480. The van der Waals surface area contributed by atoms with Crippen molar-refractivity contribution >= 4 is 0 Å². The molecule has 5 heteroatoms. The van der Waals surface area contributed by atoms with Crippen LogP contribution in [0.2, 0.25) is 0 Å². The summed E-state index contributed by atoms with van der Waals surface area (Å²) in [6, 6.07) is 17.2. The molecule has 0 aromatic heterocycles. The van der Waals surface area contributed by atoms with Gasteiger partial charge in [-0.25, -0.2) is 0 Å². The fourth-order valence-corrected chi connectivity index (χ4v) is 2.44. The monoisotopic (exact) mass is 281 g/mol. The molecule has 3 rings (SSSR count). The van der Waals surface area contributed by atoms with Crippen molar-refractivity contribution in [1.29, 1.82) is 0 Å². The van der Waals surface area contributed by atoms with Crippen molar-refractivity contribution in [2.24, 2.45) is 5.11 Å². The highest BCUT2D eigenvalue weighted by Gasteiger charge is 2.20. The summed E-state index contributed by atoms with van der Waals surface area (Å²) in [6.45, 7) is 1.21. The van der Waals surface area contributed by atoms with Crippen molar-refractivity contribution in [3.63, 3.8) is 0 Å². The van der Waals surface area contributed by atoms with Gasteiger partial charge >= 0.3 is 0 Å². The molecule has 21 heavy (non-hydrogen) atoms. The first kappa shape index (κ1) is 13.6. The van der Waals surface area contributed by atoms with Crippen molar-refractivity contribution < 1.29 is 9.47 Å². The standard InChI is InChI=1S/C16H15N3O2/c17-19-18-15(12-5-2-1-3-6-12)13-7-4-8-14(11-13)16-20-9-10-21-16/h1-8,11,15-16H,9-10H2. The Hall–Kier alpha value is -2.33. The summed E-state index contributed by atoms with van der Waals surface area (Å²) in [4.78, 5) is 2.98. The van der Waals surface area contributed by atoms with Crippen LogP contribution in [0.15, 0.2) is 59.7 Å². The van der Waals surface area contributed by atoms with Crippen LogP contribution in [0.1, 0.15) is 29.0 Å². The molecule has 1 heterocycles. The van der Waals surface area contributed by atoms with Crippen LogP contribution in [0.4, 0.5) is 0 Å². The van der Waals surface area contributed by atoms with Gasteiger partial charge in [0.05, 0.1) is 19.3 Å². The Morgan fingerprint density at radius 2 is 1.71 bits per heavy atom. The fourth-order valence-electron chi connectivity index (χ4n) is 2.44. The zero-order chi connectivity index (χ0) is 14.5. The van der Waals surface area contributed by atoms with E-state index in [9.17, 15) is 0 Å². The molecule has 0 spiro atoms. The van der Waals surface area contributed by atoms with Crippen LogP contribution in [-0.4, -0.2) is 13.2 Å². The molecule has 2 aromatic rings. The summed E-state index contributed by atoms with van der Waals surface area (Å²) in [7, 11) is 0. The van der Waals surface area contributed by atoms with Gasteiger partial charge in [-0.05, 0) is 22.7 Å². The number of hydrogen-bond donors (Lipinski definition) is 0. The molecule has 2 aromatic carbocycles. The van der Waals surface area contributed by atoms with E-state index in [1.54, 1.807) is 0 Å². The molecule has 5 nitrogen and oxygen atoms in total. The van der Waals surface area contributed by atoms with Crippen LogP contribution in [0.25, 0.3) is 10.4 Å². The lowest BCUT2D eigenvalue weighted by Gasteiger charge is -2.15. The highest BCUT2D eigenvalue weighted by molar-refractivity contribution is 5.35. The van der Waals surface area contributed by atoms with E-state index in [-0.39, 0.29) is 12.3 Å². The van der Waals surface area contributed by atoms with Crippen LogP contribution in [0.3, 0.4) is 0 Å². The molecule has 1 atom stereocenters. The van der Waals surface area contributed by atoms with Gasteiger partial charge in [0.25, 0.3) is 0 Å². The van der Waals surface area contributed by atoms with Gasteiger partial charge in [-0.3, -0.25) is 0 Å². The van der Waals surface area contributed by atoms with Gasteiger partial charge in [-0.15, -0.1) is 0 Å². The first-order valence-electron chi connectivity index (χ1n) is 6.81. The van der Waals surface area contributed by atoms with Gasteiger partial charge in [0.1, 0.15) is 0 Å². The lowest BCUT2D eigenvalue weighted by molar-refractivity contribution is -0.0441. The van der Waals surface area contributed by atoms with Crippen LogP contribution < -0.4 is 0 Å². The molecule has 0 aliphatic carbocycles. The third kappa shape index (κ3) is 3.06. The van der Waals surface area contributed by atoms with Crippen molar-refractivity contribution in [1.82, 2.24) is 0 Å². The van der Waals surface area contributed by atoms with E-state index in [4.69, 9.17) is 15.0 Å². The SMILES string of the molecule is [N-]=[N+]=NC(c1ccccc1)c1cccc(C2OCCO2)c1. The summed E-state index contributed by atoms with van der Waals surface area (Å²) in [6.07, 6.45) is -0.326. The number of hydrogen-bond acceptors (Lipinski definition) is 3. The summed E-state index contributed by atoms with van der Waals surface area (Å²) >= 11 is 0. The minimum atomic E-state index is -0.349. The lowest BCUT2D eigenvalue weighted by atomic mass is 9.98. The van der Waals surface area contributed by atoms with Crippen molar-refractivity contribution in [3.8, 4) is 0 Å². The Balaban J connectivity index is 1.96. The van der Waals surface area contributed by atoms with E-state index in [1.165, 1.54) is 0 Å². The van der Waals surface area contributed by atoms with Gasteiger partial charge in [-0.1, -0.05) is 53.6 Å². The van der Waals surface area contributed by atoms with Gasteiger partial charge in [-0.2, -0.15) is 0 Å². The lowest BCUT2D eigenvalue weighted by Crippen LogP contribution is -2.02. The van der Waals surface area contributed by atoms with Crippen molar-refractivity contribution in [3.05, 3.63) is 81.7 Å². The third-order valence-electron chi connectivity index (χ3n) is 3.40. The Morgan fingerprint density at radius 1 is 1.00 bits per heavy atom. The van der Waals surface area contributed by atoms with E-state index < -0.39 is 0 Å². The van der Waals surface area contributed by atoms with E-state index in [0.29, 0.717) is 13.2 Å². The second kappa shape index (κ2) is 6.41. The predicted molar refractivity (Wildman–Crippen MR) is 78.5 cm³/mol. The maximum absolute atomic E-state index is 8.85. The first-order valence-corrected chi connectivity index (χ1v) is 6.81. The minimum Gasteiger partial charge on any atom is -0.346 e. The number of ether oxygens (including phenoxy) is 2. The van der Waals surface area contributed by atoms with Crippen LogP contribution >= 0.6 is 0 Å². The van der Waals surface area contributed by atoms with Gasteiger partial charge in [0.2, 0.25) is 0 Å². The van der Waals surface area contributed by atoms with E-state index in [0.717, 1.165) is 16.7 Å². The van der Waals surface area contributed by atoms with E-state index >= 15 is 0 Å². The maximum atomic E-state index is 8.85. The maximum Gasteiger partial charge on any atom is 0.184 e. The molecule has 1 saturated heterocycles. The second-order valence-corrected chi connectivity index (χ2v) is 4.76. The second-order valence-electron chi connectivity index (χ2n) is 4.76. The smallest absolute Gasteiger partial charge is 0.184 e. The van der Waals surface area contributed by atoms with Crippen LogP contribution in [0.5, 0.6) is 0 Å². The van der Waals surface area contributed by atoms with Crippen LogP contribution in [0, 0.1) is 0 Å². The number of azide groups is 1. The Morgan fingerprint density at radius 3 is 2.43 bits per heavy atom. The number of benzene rings is 2. The first-order chi connectivity index (χ1) is 10.4. The summed E-state index contributed by atoms with van der Waals surface area (Å²) in [5, 5.41) is 3.93. The Labute approximate surface area is 122 Å². The van der Waals surface area contributed by atoms with E-state index in [2.05, 4.69) is 10.0 Å². The molecule has 0 bridgehead atoms. The molecule has 0 saturated carbocycles. The zero-order valence-corrected chi connectivity index (χ0v) is 11.4. The third-order valence-corrected chi connectivity index (χ3v) is 3.40. The van der Waals surface area contributed by atoms with Gasteiger partial charge < -0.3 is 9.47 Å². The number of nitrogens with zero attached hydrogens (tertiary/aromatic N) is 3. The molecule has 1 aliphatic rings. The fraction of sp³-hybridized carbons (Fsp3) is 0.250. The minimum absolute atomic E-state index is 0.326. The molecule has 0 radical (unpaired) electrons. The highest BCUT2D eigenvalue weighted by Crippen LogP contribution is 2.30. The number of rotatable bonds is 4. The van der Waals surface area contributed by atoms with Crippen molar-refractivity contribution in [2.45, 2.75) is 12.3 Å². The van der Waals surface area contributed by atoms with Crippen LogP contribution in [-0.2, 0) is 9.47 Å². The summed E-state index contributed by atoms with van der Waals surface area (Å²) < 4.78 is 11.0. The highest BCUT2D eigenvalue weighted by atomic mass is 16.7. The summed E-state index contributed by atoms with van der Waals surface area (Å²) in [5.41, 5.74) is 11.7. The van der Waals surface area contributed by atoms with E-state index in [1.807, 2.05) is 54.6 Å². The molecule has 0 amide bonds. The molecule has 1 aliphatic heterocycles. The normalized spacial score (nSPS) is 16.4. The summed E-state index contributed by atoms with van der Waals surface area (Å²) in [5.74, 6) is 0. The van der Waals surface area contributed by atoms with Gasteiger partial charge in [0, 0.05) is 10.5 Å². The Bertz CT molecular complexity index is 648. The molecule has 106 valence electrons. The molecular formula is C16H15N3O2.